The number of rotatable bonds is 8. The van der Waals surface area contributed by atoms with E-state index in [1.807, 2.05) is 30.3 Å². The van der Waals surface area contributed by atoms with Gasteiger partial charge in [-0.05, 0) is 41.0 Å². The van der Waals surface area contributed by atoms with E-state index in [0.717, 1.165) is 18.4 Å². The highest BCUT2D eigenvalue weighted by atomic mass is 32.2. The van der Waals surface area contributed by atoms with Gasteiger partial charge >= 0.3 is 0 Å². The van der Waals surface area contributed by atoms with Crippen molar-refractivity contribution in [1.82, 2.24) is 25.5 Å². The number of carbonyl (C=O) groups excluding carboxylic acids is 2. The molecule has 0 bridgehead atoms. The van der Waals surface area contributed by atoms with Gasteiger partial charge in [-0.15, -0.1) is 5.10 Å². The molecule has 1 aliphatic carbocycles. The van der Waals surface area contributed by atoms with Gasteiger partial charge in [0.25, 0.3) is 5.91 Å². The molecular weight excluding hydrogens is 388 g/mol. The molecule has 1 heterocycles. The summed E-state index contributed by atoms with van der Waals surface area (Å²) in [6.45, 7) is 0.530. The number of benzene rings is 2. The Labute approximate surface area is 172 Å². The molecule has 2 aromatic carbocycles. The average molecular weight is 408 g/mol. The number of para-hydroxylation sites is 1. The summed E-state index contributed by atoms with van der Waals surface area (Å²) in [5.74, 6) is -0.257. The molecule has 8 nitrogen and oxygen atoms in total. The number of thioether (sulfide) groups is 1. The van der Waals surface area contributed by atoms with Crippen molar-refractivity contribution in [1.29, 1.82) is 0 Å². The van der Waals surface area contributed by atoms with Gasteiger partial charge in [-0.25, -0.2) is 4.68 Å². The normalized spacial score (nSPS) is 13.1. The predicted molar refractivity (Wildman–Crippen MR) is 110 cm³/mol. The van der Waals surface area contributed by atoms with Crippen LogP contribution >= 0.6 is 11.8 Å². The van der Waals surface area contributed by atoms with Gasteiger partial charge in [-0.2, -0.15) is 0 Å². The zero-order valence-electron chi connectivity index (χ0n) is 15.6. The Morgan fingerprint density at radius 3 is 2.62 bits per heavy atom. The van der Waals surface area contributed by atoms with Crippen LogP contribution < -0.4 is 10.6 Å². The van der Waals surface area contributed by atoms with E-state index >= 15 is 0 Å². The van der Waals surface area contributed by atoms with Crippen molar-refractivity contribution in [3.05, 3.63) is 65.7 Å². The summed E-state index contributed by atoms with van der Waals surface area (Å²) in [4.78, 5) is 24.8. The van der Waals surface area contributed by atoms with Crippen molar-refractivity contribution in [3.63, 3.8) is 0 Å². The summed E-state index contributed by atoms with van der Waals surface area (Å²) in [5.41, 5.74) is 2.04. The lowest BCUT2D eigenvalue weighted by Crippen LogP contribution is -2.27. The quantitative estimate of drug-likeness (QED) is 0.555. The number of aromatic nitrogens is 4. The van der Waals surface area contributed by atoms with Gasteiger partial charge in [-0.3, -0.25) is 9.59 Å². The van der Waals surface area contributed by atoms with Crippen LogP contribution in [0.4, 0.5) is 5.69 Å². The molecule has 0 atom stereocenters. The lowest BCUT2D eigenvalue weighted by atomic mass is 10.1. The number of tetrazole rings is 1. The maximum Gasteiger partial charge on any atom is 0.253 e. The van der Waals surface area contributed by atoms with Crippen molar-refractivity contribution in [2.75, 3.05) is 11.1 Å². The van der Waals surface area contributed by atoms with E-state index in [1.54, 1.807) is 28.9 Å². The lowest BCUT2D eigenvalue weighted by molar-refractivity contribution is -0.113. The lowest BCUT2D eigenvalue weighted by Gasteiger charge is -2.11. The van der Waals surface area contributed by atoms with Gasteiger partial charge in [0, 0.05) is 6.04 Å². The molecule has 1 aliphatic rings. The molecule has 1 aromatic heterocycles. The molecule has 3 aromatic rings. The summed E-state index contributed by atoms with van der Waals surface area (Å²) < 4.78 is 1.66. The molecule has 1 saturated carbocycles. The second-order valence-corrected chi connectivity index (χ2v) is 7.68. The summed E-state index contributed by atoms with van der Waals surface area (Å²) >= 11 is 1.25. The number of hydrogen-bond donors (Lipinski definition) is 2. The van der Waals surface area contributed by atoms with Crippen LogP contribution in [0, 0.1) is 0 Å². The van der Waals surface area contributed by atoms with E-state index in [4.69, 9.17) is 0 Å². The molecule has 0 unspecified atom stereocenters. The van der Waals surface area contributed by atoms with Gasteiger partial charge < -0.3 is 10.6 Å². The first-order valence-corrected chi connectivity index (χ1v) is 10.3. The molecule has 4 rings (SSSR count). The Morgan fingerprint density at radius 2 is 1.83 bits per heavy atom. The van der Waals surface area contributed by atoms with Crippen molar-refractivity contribution >= 4 is 29.3 Å². The van der Waals surface area contributed by atoms with E-state index in [2.05, 4.69) is 26.2 Å². The number of carbonyl (C=O) groups is 2. The molecular formula is C20H20N6O2S. The molecule has 29 heavy (non-hydrogen) atoms. The number of anilines is 1. The zero-order chi connectivity index (χ0) is 20.1. The van der Waals surface area contributed by atoms with Crippen LogP contribution in [0.1, 0.15) is 28.8 Å². The number of hydrogen-bond acceptors (Lipinski definition) is 6. The highest BCUT2D eigenvalue weighted by Crippen LogP contribution is 2.22. The van der Waals surface area contributed by atoms with Crippen LogP contribution in [0.25, 0.3) is 0 Å². The fourth-order valence-electron chi connectivity index (χ4n) is 2.75. The Bertz CT molecular complexity index is 1000. The summed E-state index contributed by atoms with van der Waals surface area (Å²) in [6.07, 6.45) is 2.02. The third kappa shape index (κ3) is 5.20. The van der Waals surface area contributed by atoms with Crippen molar-refractivity contribution in [2.24, 2.45) is 0 Å². The smallest absolute Gasteiger partial charge is 0.253 e. The van der Waals surface area contributed by atoms with Gasteiger partial charge in [0.05, 0.1) is 23.5 Å². The average Bonchev–Trinajstić information content (AvgIpc) is 3.44. The molecule has 0 aliphatic heterocycles. The Balaban J connectivity index is 1.35. The molecule has 2 amide bonds. The van der Waals surface area contributed by atoms with E-state index < -0.39 is 0 Å². The molecule has 0 radical (unpaired) electrons. The second-order valence-electron chi connectivity index (χ2n) is 6.73. The van der Waals surface area contributed by atoms with Crippen LogP contribution in [-0.2, 0) is 11.3 Å². The van der Waals surface area contributed by atoms with Crippen LogP contribution in [0.15, 0.2) is 59.8 Å². The van der Waals surface area contributed by atoms with E-state index in [9.17, 15) is 9.59 Å². The first-order valence-electron chi connectivity index (χ1n) is 9.31. The van der Waals surface area contributed by atoms with Gasteiger partial charge in [0.2, 0.25) is 11.1 Å². The monoisotopic (exact) mass is 408 g/mol. The summed E-state index contributed by atoms with van der Waals surface area (Å²) in [7, 11) is 0. The SMILES string of the molecule is O=C(CSc1nnnn1Cc1ccccc1)Nc1ccccc1C(=O)NC1CC1. The maximum atomic E-state index is 12.4. The van der Waals surface area contributed by atoms with Gasteiger partial charge in [0.1, 0.15) is 0 Å². The summed E-state index contributed by atoms with van der Waals surface area (Å²) in [6, 6.07) is 17.1. The van der Waals surface area contributed by atoms with E-state index in [1.165, 1.54) is 11.8 Å². The molecule has 0 saturated heterocycles. The maximum absolute atomic E-state index is 12.4. The van der Waals surface area contributed by atoms with Crippen LogP contribution in [-0.4, -0.2) is 43.8 Å². The van der Waals surface area contributed by atoms with Gasteiger partial charge in [0.15, 0.2) is 0 Å². The fourth-order valence-corrected chi connectivity index (χ4v) is 3.43. The van der Waals surface area contributed by atoms with Crippen LogP contribution in [0.2, 0.25) is 0 Å². The van der Waals surface area contributed by atoms with Crippen molar-refractivity contribution < 1.29 is 9.59 Å². The van der Waals surface area contributed by atoms with E-state index in [0.29, 0.717) is 23.0 Å². The third-order valence-corrected chi connectivity index (χ3v) is 5.32. The zero-order valence-corrected chi connectivity index (χ0v) is 16.4. The molecule has 0 spiro atoms. The number of nitrogens with zero attached hydrogens (tertiary/aromatic N) is 4. The Kier molecular flexibility index (Phi) is 5.85. The number of amides is 2. The fraction of sp³-hybridized carbons (Fsp3) is 0.250. The Hall–Kier alpha value is -3.20. The second kappa shape index (κ2) is 8.87. The van der Waals surface area contributed by atoms with Crippen LogP contribution in [0.3, 0.4) is 0 Å². The van der Waals surface area contributed by atoms with E-state index in [-0.39, 0.29) is 23.6 Å². The molecule has 1 fully saturated rings. The minimum absolute atomic E-state index is 0.133. The third-order valence-electron chi connectivity index (χ3n) is 4.36. The largest absolute Gasteiger partial charge is 0.349 e. The number of nitrogens with one attached hydrogen (secondary N) is 2. The van der Waals surface area contributed by atoms with Gasteiger partial charge in [-0.1, -0.05) is 54.2 Å². The Morgan fingerprint density at radius 1 is 1.07 bits per heavy atom. The van der Waals surface area contributed by atoms with Crippen LogP contribution in [0.5, 0.6) is 0 Å². The molecule has 148 valence electrons. The van der Waals surface area contributed by atoms with Crippen molar-refractivity contribution in [3.8, 4) is 0 Å². The van der Waals surface area contributed by atoms with Crippen molar-refractivity contribution in [2.45, 2.75) is 30.6 Å². The first kappa shape index (κ1) is 19.1. The molecule has 2 N–H and O–H groups in total. The highest BCUT2D eigenvalue weighted by Gasteiger charge is 2.25. The minimum atomic E-state index is -0.226. The predicted octanol–water partition coefficient (Wildman–Crippen LogP) is 2.34. The topological polar surface area (TPSA) is 102 Å². The standard InChI is InChI=1S/C20H20N6O2S/c27-18(22-17-9-5-4-8-16(17)19(28)21-15-10-11-15)13-29-20-23-24-25-26(20)12-14-6-2-1-3-7-14/h1-9,15H,10-13H2,(H,21,28)(H,22,27). The first-order chi connectivity index (χ1) is 14.2. The summed E-state index contributed by atoms with van der Waals surface area (Å²) in [5, 5.41) is 18.0. The molecule has 9 heteroatoms. The minimum Gasteiger partial charge on any atom is -0.349 e. The highest BCUT2D eigenvalue weighted by molar-refractivity contribution is 7.99.